The lowest BCUT2D eigenvalue weighted by molar-refractivity contribution is 0.0902. The quantitative estimate of drug-likeness (QED) is 0.433. The van der Waals surface area contributed by atoms with Crippen LogP contribution in [0.5, 0.6) is 0 Å². The van der Waals surface area contributed by atoms with E-state index in [2.05, 4.69) is 25.6 Å². The number of aliphatic hydroxyl groups excluding tert-OH is 1. The predicted octanol–water partition coefficient (Wildman–Crippen LogP) is 2.75. The summed E-state index contributed by atoms with van der Waals surface area (Å²) in [6.45, 7) is 3.16. The van der Waals surface area contributed by atoms with E-state index in [0.717, 1.165) is 42.1 Å². The number of hydrogen-bond donors (Lipinski definition) is 3. The number of aliphatic hydroxyl groups is 1. The SMILES string of the molecule is CSc1ccc(C(CO)NC(=O)c2cn(-c3nc(NC4CCOCC4)ncc3C)cn2)cc1. The van der Waals surface area contributed by atoms with Crippen LogP contribution in [-0.2, 0) is 4.74 Å². The molecule has 1 aromatic carbocycles. The highest BCUT2D eigenvalue weighted by atomic mass is 32.2. The largest absolute Gasteiger partial charge is 0.394 e. The molecule has 0 saturated carbocycles. The number of aromatic nitrogens is 4. The molecular formula is C23H28N6O3S. The van der Waals surface area contributed by atoms with Gasteiger partial charge in [0, 0.05) is 42.1 Å². The molecule has 33 heavy (non-hydrogen) atoms. The average Bonchev–Trinajstić information content (AvgIpc) is 3.35. The Labute approximate surface area is 197 Å². The number of nitrogens with one attached hydrogen (secondary N) is 2. The Morgan fingerprint density at radius 3 is 2.73 bits per heavy atom. The van der Waals surface area contributed by atoms with E-state index in [9.17, 15) is 9.90 Å². The van der Waals surface area contributed by atoms with Gasteiger partial charge >= 0.3 is 0 Å². The zero-order chi connectivity index (χ0) is 23.2. The molecule has 1 fully saturated rings. The van der Waals surface area contributed by atoms with E-state index >= 15 is 0 Å². The van der Waals surface area contributed by atoms with Crippen molar-refractivity contribution in [2.45, 2.75) is 36.7 Å². The second-order valence-corrected chi connectivity index (χ2v) is 8.76. The van der Waals surface area contributed by atoms with E-state index in [-0.39, 0.29) is 24.2 Å². The number of carbonyl (C=O) groups excluding carboxylic acids is 1. The summed E-state index contributed by atoms with van der Waals surface area (Å²) in [5.74, 6) is 0.822. The molecular weight excluding hydrogens is 440 g/mol. The summed E-state index contributed by atoms with van der Waals surface area (Å²) in [4.78, 5) is 27.2. The van der Waals surface area contributed by atoms with Crippen LogP contribution >= 0.6 is 11.8 Å². The highest BCUT2D eigenvalue weighted by Gasteiger charge is 2.19. The van der Waals surface area contributed by atoms with Crippen molar-refractivity contribution >= 4 is 23.6 Å². The Morgan fingerprint density at radius 2 is 2.03 bits per heavy atom. The van der Waals surface area contributed by atoms with Gasteiger partial charge in [0.05, 0.1) is 12.6 Å². The second-order valence-electron chi connectivity index (χ2n) is 7.88. The Bertz CT molecular complexity index is 1080. The summed E-state index contributed by atoms with van der Waals surface area (Å²) < 4.78 is 7.11. The fourth-order valence-electron chi connectivity index (χ4n) is 3.65. The van der Waals surface area contributed by atoms with Crippen LogP contribution in [0.4, 0.5) is 5.95 Å². The van der Waals surface area contributed by atoms with Gasteiger partial charge in [0.15, 0.2) is 0 Å². The minimum Gasteiger partial charge on any atom is -0.394 e. The highest BCUT2D eigenvalue weighted by Crippen LogP contribution is 2.20. The van der Waals surface area contributed by atoms with E-state index in [1.807, 2.05) is 37.4 Å². The number of imidazole rings is 1. The molecule has 1 aliphatic heterocycles. The number of anilines is 1. The van der Waals surface area contributed by atoms with Crippen molar-refractivity contribution in [2.24, 2.45) is 0 Å². The molecule has 2 aromatic heterocycles. The van der Waals surface area contributed by atoms with E-state index in [1.165, 1.54) is 0 Å². The average molecular weight is 469 g/mol. The van der Waals surface area contributed by atoms with Gasteiger partial charge in [-0.05, 0) is 43.7 Å². The number of hydrogen-bond acceptors (Lipinski definition) is 8. The first-order chi connectivity index (χ1) is 16.1. The normalized spacial score (nSPS) is 15.2. The van der Waals surface area contributed by atoms with Gasteiger partial charge in [-0.2, -0.15) is 4.98 Å². The first-order valence-electron chi connectivity index (χ1n) is 10.9. The third kappa shape index (κ3) is 5.70. The lowest BCUT2D eigenvalue weighted by atomic mass is 10.1. The molecule has 1 unspecified atom stereocenters. The van der Waals surface area contributed by atoms with Crippen LogP contribution in [0, 0.1) is 6.92 Å². The van der Waals surface area contributed by atoms with E-state index in [0.29, 0.717) is 11.8 Å². The molecule has 174 valence electrons. The van der Waals surface area contributed by atoms with Crippen molar-refractivity contribution in [3.8, 4) is 5.82 Å². The van der Waals surface area contributed by atoms with Crippen molar-refractivity contribution < 1.29 is 14.6 Å². The van der Waals surface area contributed by atoms with Crippen LogP contribution < -0.4 is 10.6 Å². The van der Waals surface area contributed by atoms with Crippen molar-refractivity contribution in [3.05, 3.63) is 59.8 Å². The lowest BCUT2D eigenvalue weighted by Crippen LogP contribution is -2.31. The minimum absolute atomic E-state index is 0.211. The molecule has 0 aliphatic carbocycles. The Balaban J connectivity index is 1.47. The first kappa shape index (κ1) is 23.2. The number of ether oxygens (including phenoxy) is 1. The fraction of sp³-hybridized carbons (Fsp3) is 0.391. The summed E-state index contributed by atoms with van der Waals surface area (Å²) in [5, 5.41) is 16.0. The predicted molar refractivity (Wildman–Crippen MR) is 127 cm³/mol. The Hall–Kier alpha value is -2.95. The van der Waals surface area contributed by atoms with Crippen LogP contribution in [0.1, 0.15) is 40.5 Å². The van der Waals surface area contributed by atoms with Crippen molar-refractivity contribution in [3.63, 3.8) is 0 Å². The molecule has 9 nitrogen and oxygen atoms in total. The van der Waals surface area contributed by atoms with Crippen molar-refractivity contribution in [1.29, 1.82) is 0 Å². The topological polar surface area (TPSA) is 114 Å². The summed E-state index contributed by atoms with van der Waals surface area (Å²) >= 11 is 1.64. The lowest BCUT2D eigenvalue weighted by Gasteiger charge is -2.23. The fourth-order valence-corrected chi connectivity index (χ4v) is 4.06. The number of aryl methyl sites for hydroxylation is 1. The molecule has 4 rings (SSSR count). The van der Waals surface area contributed by atoms with Crippen LogP contribution in [0.25, 0.3) is 5.82 Å². The second kappa shape index (κ2) is 10.8. The van der Waals surface area contributed by atoms with Crippen LogP contribution in [0.15, 0.2) is 47.9 Å². The van der Waals surface area contributed by atoms with Gasteiger partial charge in [-0.15, -0.1) is 11.8 Å². The number of rotatable bonds is 8. The van der Waals surface area contributed by atoms with Crippen LogP contribution in [0.2, 0.25) is 0 Å². The van der Waals surface area contributed by atoms with Gasteiger partial charge in [0.1, 0.15) is 17.8 Å². The molecule has 1 aliphatic rings. The number of nitrogens with zero attached hydrogens (tertiary/aromatic N) is 4. The summed E-state index contributed by atoms with van der Waals surface area (Å²) in [6.07, 6.45) is 8.77. The zero-order valence-electron chi connectivity index (χ0n) is 18.7. The molecule has 3 N–H and O–H groups in total. The molecule has 10 heteroatoms. The third-order valence-electron chi connectivity index (χ3n) is 5.57. The van der Waals surface area contributed by atoms with Gasteiger partial charge in [0.25, 0.3) is 5.91 Å². The van der Waals surface area contributed by atoms with Crippen molar-refractivity contribution in [1.82, 2.24) is 24.8 Å². The van der Waals surface area contributed by atoms with Crippen molar-refractivity contribution in [2.75, 3.05) is 31.4 Å². The zero-order valence-corrected chi connectivity index (χ0v) is 19.5. The van der Waals surface area contributed by atoms with Crippen LogP contribution in [0.3, 0.4) is 0 Å². The van der Waals surface area contributed by atoms with Gasteiger partial charge in [-0.3, -0.25) is 9.36 Å². The van der Waals surface area contributed by atoms with Crippen LogP contribution in [-0.4, -0.2) is 62.7 Å². The maximum absolute atomic E-state index is 12.8. The molecule has 3 aromatic rings. The molecule has 1 atom stereocenters. The molecule has 1 amide bonds. The minimum atomic E-state index is -0.519. The van der Waals surface area contributed by atoms with E-state index in [1.54, 1.807) is 35.0 Å². The first-order valence-corrected chi connectivity index (χ1v) is 12.1. The van der Waals surface area contributed by atoms with Gasteiger partial charge < -0.3 is 20.5 Å². The van der Waals surface area contributed by atoms with E-state index < -0.39 is 6.04 Å². The molecule has 3 heterocycles. The highest BCUT2D eigenvalue weighted by molar-refractivity contribution is 7.98. The monoisotopic (exact) mass is 468 g/mol. The number of benzene rings is 1. The Morgan fingerprint density at radius 1 is 1.27 bits per heavy atom. The standard InChI is InChI=1S/C23H28N6O3S/c1-15-11-24-23(26-17-7-9-32-10-8-17)28-21(15)29-12-19(25-14-29)22(31)27-20(13-30)16-3-5-18(33-2)6-4-16/h3-6,11-12,14,17,20,30H,7-10,13H2,1-2H3,(H,27,31)(H,24,26,28). The van der Waals surface area contributed by atoms with Gasteiger partial charge in [-0.25, -0.2) is 9.97 Å². The molecule has 0 radical (unpaired) electrons. The van der Waals surface area contributed by atoms with Gasteiger partial charge in [-0.1, -0.05) is 12.1 Å². The van der Waals surface area contributed by atoms with Gasteiger partial charge in [0.2, 0.25) is 5.95 Å². The summed E-state index contributed by atoms with van der Waals surface area (Å²) in [7, 11) is 0. The third-order valence-corrected chi connectivity index (χ3v) is 6.31. The summed E-state index contributed by atoms with van der Waals surface area (Å²) in [5.41, 5.74) is 1.93. The molecule has 0 spiro atoms. The number of amides is 1. The van der Waals surface area contributed by atoms with E-state index in [4.69, 9.17) is 4.74 Å². The summed E-state index contributed by atoms with van der Waals surface area (Å²) in [6, 6.07) is 7.50. The maximum atomic E-state index is 12.8. The molecule has 1 saturated heterocycles. The smallest absolute Gasteiger partial charge is 0.272 e. The molecule has 0 bridgehead atoms. The number of carbonyl (C=O) groups is 1. The Kier molecular flexibility index (Phi) is 7.58. The maximum Gasteiger partial charge on any atom is 0.272 e. The number of thioether (sulfide) groups is 1.